The molecule has 1 aliphatic heterocycles. The summed E-state index contributed by atoms with van der Waals surface area (Å²) in [5.41, 5.74) is 1.13. The summed E-state index contributed by atoms with van der Waals surface area (Å²) in [7, 11) is 0. The van der Waals surface area contributed by atoms with E-state index < -0.39 is 42.3 Å². The predicted octanol–water partition coefficient (Wildman–Crippen LogP) is 4.29. The monoisotopic (exact) mass is 460 g/mol. The van der Waals surface area contributed by atoms with E-state index in [9.17, 15) is 14.4 Å². The molecule has 174 valence electrons. The van der Waals surface area contributed by atoms with Crippen LogP contribution in [0.25, 0.3) is 0 Å². The quantitative estimate of drug-likeness (QED) is 0.384. The van der Waals surface area contributed by atoms with Gasteiger partial charge in [-0.2, -0.15) is 0 Å². The first-order valence-electron chi connectivity index (χ1n) is 10.9. The van der Waals surface area contributed by atoms with Crippen LogP contribution < -0.4 is 0 Å². The highest BCUT2D eigenvalue weighted by Crippen LogP contribution is 2.32. The van der Waals surface area contributed by atoms with Crippen LogP contribution in [0.1, 0.15) is 38.0 Å². The van der Waals surface area contributed by atoms with Gasteiger partial charge in [0.15, 0.2) is 0 Å². The number of carbonyl (C=O) groups excluding carboxylic acids is 3. The van der Waals surface area contributed by atoms with E-state index >= 15 is 0 Å². The zero-order valence-electron chi connectivity index (χ0n) is 18.5. The average molecular weight is 460 g/mol. The summed E-state index contributed by atoms with van der Waals surface area (Å²) in [6, 6.07) is 25.6. The smallest absolute Gasteiger partial charge is 0.340 e. The van der Waals surface area contributed by atoms with Crippen molar-refractivity contribution in [3.8, 4) is 0 Å². The Morgan fingerprint density at radius 1 is 0.676 bits per heavy atom. The first-order chi connectivity index (χ1) is 16.5. The molecule has 0 N–H and O–H groups in total. The number of esters is 3. The van der Waals surface area contributed by atoms with E-state index in [-0.39, 0.29) is 6.61 Å². The molecule has 7 heteroatoms. The Labute approximate surface area is 197 Å². The molecule has 1 heterocycles. The lowest BCUT2D eigenvalue weighted by atomic mass is 10.0. The van der Waals surface area contributed by atoms with Crippen LogP contribution >= 0.6 is 0 Å². The van der Waals surface area contributed by atoms with E-state index in [0.717, 1.165) is 0 Å². The van der Waals surface area contributed by atoms with Gasteiger partial charge >= 0.3 is 17.9 Å². The number of carbonyl (C=O) groups is 3. The average Bonchev–Trinajstić information content (AvgIpc) is 3.17. The minimum atomic E-state index is -0.985. The largest absolute Gasteiger partial charge is 0.459 e. The molecule has 4 rings (SSSR count). The van der Waals surface area contributed by atoms with Crippen molar-refractivity contribution in [2.45, 2.75) is 25.4 Å². The van der Waals surface area contributed by atoms with Crippen LogP contribution in [0.3, 0.4) is 0 Å². The maximum atomic E-state index is 12.7. The summed E-state index contributed by atoms with van der Waals surface area (Å²) < 4.78 is 22.6. The molecule has 0 spiro atoms. The Kier molecular flexibility index (Phi) is 7.34. The van der Waals surface area contributed by atoms with E-state index in [1.165, 1.54) is 0 Å². The summed E-state index contributed by atoms with van der Waals surface area (Å²) in [6.07, 6.45) is -2.60. The third-order valence-electron chi connectivity index (χ3n) is 5.50. The fourth-order valence-corrected chi connectivity index (χ4v) is 3.65. The third kappa shape index (κ3) is 5.50. The summed E-state index contributed by atoms with van der Waals surface area (Å²) >= 11 is 0. The fourth-order valence-electron chi connectivity index (χ4n) is 3.65. The third-order valence-corrected chi connectivity index (χ3v) is 5.50. The molecule has 1 fully saturated rings. The van der Waals surface area contributed by atoms with Gasteiger partial charge in [-0.3, -0.25) is 0 Å². The van der Waals surface area contributed by atoms with Crippen LogP contribution in [-0.4, -0.2) is 43.0 Å². The number of hydrogen-bond acceptors (Lipinski definition) is 7. The fraction of sp³-hybridized carbons (Fsp3) is 0.222. The van der Waals surface area contributed by atoms with Crippen molar-refractivity contribution < 1.29 is 33.3 Å². The van der Waals surface area contributed by atoms with Crippen molar-refractivity contribution >= 4 is 17.9 Å². The normalized spacial score (nSPS) is 21.4. The van der Waals surface area contributed by atoms with Gasteiger partial charge in [0.2, 0.25) is 6.29 Å². The van der Waals surface area contributed by atoms with Crippen molar-refractivity contribution in [1.29, 1.82) is 0 Å². The SMILES string of the molecule is CC1C(OC(=O)c2ccccc2)[C@@H](COC(=O)c2ccccc2)O[C@@H]1OC(=O)c1ccccc1. The Morgan fingerprint density at radius 2 is 1.12 bits per heavy atom. The van der Waals surface area contributed by atoms with Gasteiger partial charge in [0.25, 0.3) is 0 Å². The summed E-state index contributed by atoms with van der Waals surface area (Å²) in [4.78, 5) is 37.7. The molecule has 0 aromatic heterocycles. The van der Waals surface area contributed by atoms with Crippen LogP contribution in [0.5, 0.6) is 0 Å². The molecule has 7 nitrogen and oxygen atoms in total. The lowest BCUT2D eigenvalue weighted by Crippen LogP contribution is -2.35. The molecule has 2 unspecified atom stereocenters. The Hall–Kier alpha value is -3.97. The van der Waals surface area contributed by atoms with Gasteiger partial charge in [-0.15, -0.1) is 0 Å². The van der Waals surface area contributed by atoms with Gasteiger partial charge in [-0.1, -0.05) is 61.5 Å². The second kappa shape index (κ2) is 10.8. The highest BCUT2D eigenvalue weighted by Gasteiger charge is 2.47. The van der Waals surface area contributed by atoms with Crippen LogP contribution in [0, 0.1) is 5.92 Å². The Balaban J connectivity index is 1.47. The van der Waals surface area contributed by atoms with Gasteiger partial charge in [-0.05, 0) is 36.4 Å². The van der Waals surface area contributed by atoms with E-state index in [0.29, 0.717) is 16.7 Å². The molecule has 0 radical (unpaired) electrons. The van der Waals surface area contributed by atoms with Gasteiger partial charge in [0.05, 0.1) is 22.6 Å². The van der Waals surface area contributed by atoms with Crippen molar-refractivity contribution in [2.24, 2.45) is 5.92 Å². The van der Waals surface area contributed by atoms with Crippen LogP contribution in [0.4, 0.5) is 0 Å². The molecule has 1 aliphatic rings. The van der Waals surface area contributed by atoms with E-state index in [4.69, 9.17) is 18.9 Å². The van der Waals surface area contributed by atoms with Crippen LogP contribution in [0.15, 0.2) is 91.0 Å². The Bertz CT molecular complexity index is 1120. The topological polar surface area (TPSA) is 88.1 Å². The molecule has 0 saturated carbocycles. The number of rotatable bonds is 7. The molecule has 3 aromatic rings. The van der Waals surface area contributed by atoms with Gasteiger partial charge in [0.1, 0.15) is 18.8 Å². The minimum Gasteiger partial charge on any atom is -0.459 e. The van der Waals surface area contributed by atoms with Gasteiger partial charge in [0, 0.05) is 0 Å². The van der Waals surface area contributed by atoms with Crippen molar-refractivity contribution in [3.05, 3.63) is 108 Å². The maximum Gasteiger partial charge on any atom is 0.340 e. The molecule has 0 aliphatic carbocycles. The van der Waals surface area contributed by atoms with Gasteiger partial charge in [-0.25, -0.2) is 14.4 Å². The number of benzene rings is 3. The summed E-state index contributed by atoms with van der Waals surface area (Å²) in [5.74, 6) is -2.14. The first kappa shape index (κ1) is 23.2. The first-order valence-corrected chi connectivity index (χ1v) is 10.9. The van der Waals surface area contributed by atoms with E-state index in [1.54, 1.807) is 97.9 Å². The molecular weight excluding hydrogens is 436 g/mol. The summed E-state index contributed by atoms with van der Waals surface area (Å²) in [5, 5.41) is 0. The Morgan fingerprint density at radius 3 is 1.62 bits per heavy atom. The zero-order valence-corrected chi connectivity index (χ0v) is 18.5. The predicted molar refractivity (Wildman–Crippen MR) is 122 cm³/mol. The zero-order chi connectivity index (χ0) is 23.9. The van der Waals surface area contributed by atoms with Crippen LogP contribution in [-0.2, 0) is 18.9 Å². The molecule has 1 saturated heterocycles. The van der Waals surface area contributed by atoms with E-state index in [1.807, 2.05) is 0 Å². The van der Waals surface area contributed by atoms with Crippen molar-refractivity contribution in [1.82, 2.24) is 0 Å². The second-order valence-electron chi connectivity index (χ2n) is 7.87. The molecular formula is C27H24O7. The van der Waals surface area contributed by atoms with Crippen molar-refractivity contribution in [3.63, 3.8) is 0 Å². The number of hydrogen-bond donors (Lipinski definition) is 0. The molecule has 3 aromatic carbocycles. The van der Waals surface area contributed by atoms with Crippen molar-refractivity contribution in [2.75, 3.05) is 6.61 Å². The summed E-state index contributed by atoms with van der Waals surface area (Å²) in [6.45, 7) is 1.58. The molecule has 0 bridgehead atoms. The molecule has 0 amide bonds. The van der Waals surface area contributed by atoms with E-state index in [2.05, 4.69) is 0 Å². The number of ether oxygens (including phenoxy) is 4. The molecule has 4 atom stereocenters. The van der Waals surface area contributed by atoms with Gasteiger partial charge < -0.3 is 18.9 Å². The maximum absolute atomic E-state index is 12.7. The lowest BCUT2D eigenvalue weighted by molar-refractivity contribution is -0.125. The molecule has 34 heavy (non-hydrogen) atoms. The minimum absolute atomic E-state index is 0.176. The standard InChI is InChI=1S/C27H24O7/c1-18-23(33-25(29)20-13-7-3-8-14-20)22(17-31-24(28)19-11-5-2-6-12-19)32-27(18)34-26(30)21-15-9-4-10-16-21/h2-16,18,22-23,27H,17H2,1H3/t18?,22-,23?,27-/m1/s1. The van der Waals surface area contributed by atoms with Crippen LogP contribution in [0.2, 0.25) is 0 Å². The highest BCUT2D eigenvalue weighted by molar-refractivity contribution is 5.90. The highest BCUT2D eigenvalue weighted by atomic mass is 16.7. The second-order valence-corrected chi connectivity index (χ2v) is 7.87. The lowest BCUT2D eigenvalue weighted by Gasteiger charge is -2.21.